The molecule has 0 radical (unpaired) electrons. The maximum Gasteiger partial charge on any atom is 0.204 e. The second-order valence-corrected chi connectivity index (χ2v) is 4.17. The minimum Gasteiger partial charge on any atom is -0.379 e. The van der Waals surface area contributed by atoms with Gasteiger partial charge in [-0.1, -0.05) is 12.1 Å². The van der Waals surface area contributed by atoms with Crippen LogP contribution in [0, 0.1) is 0 Å². The summed E-state index contributed by atoms with van der Waals surface area (Å²) in [5.74, 6) is 0.587. The Balaban J connectivity index is 1.75. The minimum absolute atomic E-state index is 0.587. The summed E-state index contributed by atoms with van der Waals surface area (Å²) in [6.45, 7) is 0.714. The summed E-state index contributed by atoms with van der Waals surface area (Å²) in [5.41, 5.74) is 3.04. The van der Waals surface area contributed by atoms with E-state index in [1.54, 1.807) is 6.33 Å². The molecule has 0 saturated carbocycles. The van der Waals surface area contributed by atoms with Crippen molar-refractivity contribution in [3.05, 3.63) is 42.5 Å². The van der Waals surface area contributed by atoms with Crippen LogP contribution in [0.3, 0.4) is 0 Å². The highest BCUT2D eigenvalue weighted by Crippen LogP contribution is 2.18. The van der Waals surface area contributed by atoms with E-state index >= 15 is 0 Å². The van der Waals surface area contributed by atoms with Crippen molar-refractivity contribution in [1.82, 2.24) is 30.2 Å². The Hall–Kier alpha value is -2.70. The van der Waals surface area contributed by atoms with Gasteiger partial charge in [0, 0.05) is 24.5 Å². The lowest BCUT2D eigenvalue weighted by Crippen LogP contribution is -2.03. The number of H-pyrrole nitrogens is 1. The van der Waals surface area contributed by atoms with Crippen LogP contribution in [0.4, 0.5) is 5.69 Å². The molecule has 96 valence electrons. The summed E-state index contributed by atoms with van der Waals surface area (Å²) in [4.78, 5) is 4.08. The van der Waals surface area contributed by atoms with Gasteiger partial charge in [-0.25, -0.2) is 4.98 Å². The number of benzene rings is 1. The number of anilines is 1. The number of nitrogens with one attached hydrogen (secondary N) is 2. The fraction of sp³-hybridized carbons (Fsp3) is 0.167. The van der Waals surface area contributed by atoms with Gasteiger partial charge in [-0.3, -0.25) is 0 Å². The zero-order chi connectivity index (χ0) is 13.1. The molecule has 7 heteroatoms. The van der Waals surface area contributed by atoms with Gasteiger partial charge in [-0.2, -0.15) is 5.21 Å². The number of aromatic nitrogens is 6. The Morgan fingerprint density at radius 1 is 1.37 bits per heavy atom. The Morgan fingerprint density at radius 3 is 3.05 bits per heavy atom. The molecule has 0 unspecified atom stereocenters. The molecule has 0 bridgehead atoms. The third-order valence-corrected chi connectivity index (χ3v) is 2.86. The van der Waals surface area contributed by atoms with Crippen molar-refractivity contribution in [1.29, 1.82) is 0 Å². The van der Waals surface area contributed by atoms with Crippen LogP contribution in [0.2, 0.25) is 0 Å². The monoisotopic (exact) mass is 255 g/mol. The van der Waals surface area contributed by atoms with Gasteiger partial charge >= 0.3 is 0 Å². The fourth-order valence-corrected chi connectivity index (χ4v) is 1.80. The molecule has 2 N–H and O–H groups in total. The lowest BCUT2D eigenvalue weighted by atomic mass is 10.2. The average molecular weight is 255 g/mol. The van der Waals surface area contributed by atoms with Gasteiger partial charge in [-0.05, 0) is 17.3 Å². The number of aromatic amines is 1. The quantitative estimate of drug-likeness (QED) is 0.732. The predicted octanol–water partition coefficient (Wildman–Crippen LogP) is 1.21. The van der Waals surface area contributed by atoms with Crippen LogP contribution in [0.1, 0.15) is 5.69 Å². The van der Waals surface area contributed by atoms with E-state index < -0.39 is 0 Å². The summed E-state index contributed by atoms with van der Waals surface area (Å²) in [6, 6.07) is 7.89. The smallest absolute Gasteiger partial charge is 0.204 e. The van der Waals surface area contributed by atoms with Crippen LogP contribution in [0.5, 0.6) is 0 Å². The molecule has 2 heterocycles. The van der Waals surface area contributed by atoms with Gasteiger partial charge < -0.3 is 9.88 Å². The lowest BCUT2D eigenvalue weighted by Gasteiger charge is -2.07. The minimum atomic E-state index is 0.587. The lowest BCUT2D eigenvalue weighted by molar-refractivity contribution is 0.837. The van der Waals surface area contributed by atoms with Gasteiger partial charge in [0.1, 0.15) is 0 Å². The Morgan fingerprint density at radius 2 is 2.32 bits per heavy atom. The summed E-state index contributed by atoms with van der Waals surface area (Å²) in [6.07, 6.45) is 3.63. The number of hydrogen-bond donors (Lipinski definition) is 2. The largest absolute Gasteiger partial charge is 0.379 e. The first-order valence-corrected chi connectivity index (χ1v) is 5.86. The van der Waals surface area contributed by atoms with Gasteiger partial charge in [0.2, 0.25) is 5.82 Å². The van der Waals surface area contributed by atoms with Crippen molar-refractivity contribution >= 4 is 5.69 Å². The SMILES string of the molecule is Cn1cncc1CNc1cccc(-c2nn[nH]n2)c1. The summed E-state index contributed by atoms with van der Waals surface area (Å²) in [7, 11) is 1.97. The molecular formula is C12H13N7. The van der Waals surface area contributed by atoms with Crippen LogP contribution in [0.25, 0.3) is 11.4 Å². The highest BCUT2D eigenvalue weighted by atomic mass is 15.5. The van der Waals surface area contributed by atoms with Crippen molar-refractivity contribution in [3.63, 3.8) is 0 Å². The van der Waals surface area contributed by atoms with E-state index in [4.69, 9.17) is 0 Å². The number of aryl methyl sites for hydroxylation is 1. The van der Waals surface area contributed by atoms with Crippen molar-refractivity contribution in [2.45, 2.75) is 6.54 Å². The normalized spacial score (nSPS) is 10.6. The molecule has 2 aromatic heterocycles. The van der Waals surface area contributed by atoms with Gasteiger partial charge in [-0.15, -0.1) is 10.2 Å². The van der Waals surface area contributed by atoms with Crippen LogP contribution < -0.4 is 5.32 Å². The molecule has 0 aliphatic carbocycles. The van der Waals surface area contributed by atoms with E-state index in [9.17, 15) is 0 Å². The molecule has 0 saturated heterocycles. The molecule has 0 fully saturated rings. The van der Waals surface area contributed by atoms with E-state index in [1.807, 2.05) is 42.1 Å². The maximum absolute atomic E-state index is 4.08. The highest BCUT2D eigenvalue weighted by molar-refractivity contribution is 5.61. The fourth-order valence-electron chi connectivity index (χ4n) is 1.80. The molecule has 0 spiro atoms. The second-order valence-electron chi connectivity index (χ2n) is 4.17. The zero-order valence-corrected chi connectivity index (χ0v) is 10.4. The Kier molecular flexibility index (Phi) is 2.93. The highest BCUT2D eigenvalue weighted by Gasteiger charge is 2.04. The molecule has 0 aliphatic rings. The predicted molar refractivity (Wildman–Crippen MR) is 70.1 cm³/mol. The number of hydrogen-bond acceptors (Lipinski definition) is 5. The van der Waals surface area contributed by atoms with E-state index in [-0.39, 0.29) is 0 Å². The molecule has 7 nitrogen and oxygen atoms in total. The van der Waals surface area contributed by atoms with E-state index in [1.165, 1.54) is 0 Å². The van der Waals surface area contributed by atoms with Crippen LogP contribution in [-0.4, -0.2) is 30.2 Å². The topological polar surface area (TPSA) is 84.3 Å². The van der Waals surface area contributed by atoms with E-state index in [0.29, 0.717) is 12.4 Å². The van der Waals surface area contributed by atoms with Gasteiger partial charge in [0.15, 0.2) is 0 Å². The molecule has 3 aromatic rings. The third-order valence-electron chi connectivity index (χ3n) is 2.86. The van der Waals surface area contributed by atoms with Crippen molar-refractivity contribution < 1.29 is 0 Å². The van der Waals surface area contributed by atoms with Crippen molar-refractivity contribution in [2.24, 2.45) is 7.05 Å². The van der Waals surface area contributed by atoms with Crippen LogP contribution in [0.15, 0.2) is 36.8 Å². The molecule has 3 rings (SSSR count). The third kappa shape index (κ3) is 2.44. The summed E-state index contributed by atoms with van der Waals surface area (Å²) < 4.78 is 1.98. The standard InChI is InChI=1S/C12H13N7/c1-19-8-13-6-11(19)7-14-10-4-2-3-9(5-10)12-15-17-18-16-12/h2-6,8,14H,7H2,1H3,(H,15,16,17,18). The second kappa shape index (κ2) is 4.89. The zero-order valence-electron chi connectivity index (χ0n) is 10.4. The van der Waals surface area contributed by atoms with Crippen molar-refractivity contribution in [3.8, 4) is 11.4 Å². The van der Waals surface area contributed by atoms with E-state index in [0.717, 1.165) is 16.9 Å². The average Bonchev–Trinajstić information content (AvgIpc) is 3.08. The number of tetrazole rings is 1. The summed E-state index contributed by atoms with van der Waals surface area (Å²) >= 11 is 0. The van der Waals surface area contributed by atoms with Crippen LogP contribution >= 0.6 is 0 Å². The maximum atomic E-state index is 4.08. The Bertz CT molecular complexity index is 656. The molecular weight excluding hydrogens is 242 g/mol. The Labute approximate surface area is 109 Å². The molecule has 1 aromatic carbocycles. The number of rotatable bonds is 4. The summed E-state index contributed by atoms with van der Waals surface area (Å²) in [5, 5.41) is 17.3. The van der Waals surface area contributed by atoms with Gasteiger partial charge in [0.25, 0.3) is 0 Å². The number of imidazole rings is 1. The molecule has 19 heavy (non-hydrogen) atoms. The first-order chi connectivity index (χ1) is 9.33. The first kappa shape index (κ1) is 11.4. The number of nitrogens with zero attached hydrogens (tertiary/aromatic N) is 5. The molecule has 0 aliphatic heterocycles. The van der Waals surface area contributed by atoms with Gasteiger partial charge in [0.05, 0.1) is 18.6 Å². The first-order valence-electron chi connectivity index (χ1n) is 5.86. The van der Waals surface area contributed by atoms with Crippen molar-refractivity contribution in [2.75, 3.05) is 5.32 Å². The van der Waals surface area contributed by atoms with Crippen LogP contribution in [-0.2, 0) is 13.6 Å². The molecule has 0 amide bonds. The van der Waals surface area contributed by atoms with E-state index in [2.05, 4.69) is 30.9 Å². The molecule has 0 atom stereocenters.